The van der Waals surface area contributed by atoms with Crippen LogP contribution in [0.3, 0.4) is 0 Å². The second kappa shape index (κ2) is 7.58. The number of allylic oxidation sites excluding steroid dienone is 1. The molecule has 3 fully saturated rings. The number of carbonyl (C=O) groups is 1. The molecule has 0 aliphatic heterocycles. The monoisotopic (exact) mass is 477 g/mol. The lowest BCUT2D eigenvalue weighted by Crippen LogP contribution is -2.63. The molecule has 0 amide bonds. The molecule has 0 aromatic carbocycles. The first-order valence-corrected chi connectivity index (χ1v) is 12.9. The van der Waals surface area contributed by atoms with Crippen LogP contribution in [0.25, 0.3) is 11.8 Å². The third kappa shape index (κ3) is 2.86. The number of hydrogen-bond acceptors (Lipinski definition) is 6. The zero-order valence-electron chi connectivity index (χ0n) is 20.7. The average molecular weight is 478 g/mol. The zero-order valence-corrected chi connectivity index (χ0v) is 20.7. The van der Waals surface area contributed by atoms with Crippen LogP contribution in [-0.4, -0.2) is 54.2 Å². The fourth-order valence-electron chi connectivity index (χ4n) is 8.92. The van der Waals surface area contributed by atoms with E-state index in [0.717, 1.165) is 37.1 Å². The van der Waals surface area contributed by atoms with Crippen molar-refractivity contribution in [3.8, 4) is 5.69 Å². The summed E-state index contributed by atoms with van der Waals surface area (Å²) < 4.78 is 1.95. The summed E-state index contributed by atoms with van der Waals surface area (Å²) in [5, 5.41) is 37.7. The van der Waals surface area contributed by atoms with Crippen molar-refractivity contribution in [2.75, 3.05) is 6.61 Å². The second-order valence-electron chi connectivity index (χ2n) is 12.0. The minimum Gasteiger partial charge on any atom is -0.393 e. The first-order chi connectivity index (χ1) is 16.6. The molecule has 2 aromatic heterocycles. The molecule has 6 unspecified atom stereocenters. The molecular formula is C28H35N3O4. The summed E-state index contributed by atoms with van der Waals surface area (Å²) in [4.78, 5) is 17.1. The maximum absolute atomic E-state index is 12.8. The molecule has 8 atom stereocenters. The van der Waals surface area contributed by atoms with Crippen molar-refractivity contribution in [2.24, 2.45) is 34.5 Å². The normalized spacial score (nSPS) is 41.9. The van der Waals surface area contributed by atoms with E-state index in [9.17, 15) is 20.1 Å². The Morgan fingerprint density at radius 1 is 1.29 bits per heavy atom. The number of aromatic nitrogens is 3. The third-order valence-electron chi connectivity index (χ3n) is 10.5. The maximum atomic E-state index is 12.8. The number of fused-ring (bicyclic) bond motifs is 6. The first kappa shape index (κ1) is 23.1. The van der Waals surface area contributed by atoms with Crippen molar-refractivity contribution in [1.82, 2.24) is 14.8 Å². The van der Waals surface area contributed by atoms with Crippen LogP contribution in [-0.2, 0) is 11.2 Å². The van der Waals surface area contributed by atoms with Gasteiger partial charge in [-0.3, -0.25) is 9.78 Å². The van der Waals surface area contributed by atoms with Gasteiger partial charge in [-0.05, 0) is 85.0 Å². The Hall–Kier alpha value is -2.35. The van der Waals surface area contributed by atoms with Gasteiger partial charge in [0.15, 0.2) is 5.78 Å². The predicted molar refractivity (Wildman–Crippen MR) is 130 cm³/mol. The van der Waals surface area contributed by atoms with E-state index in [0.29, 0.717) is 6.42 Å². The minimum atomic E-state index is -1.60. The van der Waals surface area contributed by atoms with E-state index < -0.39 is 29.5 Å². The van der Waals surface area contributed by atoms with Gasteiger partial charge >= 0.3 is 0 Å². The highest BCUT2D eigenvalue weighted by Gasteiger charge is 2.70. The van der Waals surface area contributed by atoms with Crippen LogP contribution in [0.2, 0.25) is 0 Å². The summed E-state index contributed by atoms with van der Waals surface area (Å²) in [6.45, 7) is 5.52. The standard InChI is InChI=1S/C28H35N3O4/c1-16-9-21-20-7-6-18-10-22-17(13-30-31(22)19-5-4-8-29-14-19)11-26(18,2)25(20)23(33)12-27(21,3)28(16,35)24(34)15-32/h4-5,8,10,13-14,16,20-21,23,25,32-33,35H,6-7,9,11-12,15H2,1-3H3/t16-,20?,21?,23?,25?,26?,27?,28+/m1/s1. The van der Waals surface area contributed by atoms with Crippen molar-refractivity contribution in [2.45, 2.75) is 64.6 Å². The maximum Gasteiger partial charge on any atom is 0.190 e. The van der Waals surface area contributed by atoms with Gasteiger partial charge < -0.3 is 15.3 Å². The van der Waals surface area contributed by atoms with E-state index in [4.69, 9.17) is 0 Å². The van der Waals surface area contributed by atoms with Crippen LogP contribution < -0.4 is 0 Å². The number of rotatable bonds is 3. The highest BCUT2D eigenvalue weighted by atomic mass is 16.3. The predicted octanol–water partition coefficient (Wildman–Crippen LogP) is 2.96. The lowest BCUT2D eigenvalue weighted by molar-refractivity contribution is -0.186. The summed E-state index contributed by atoms with van der Waals surface area (Å²) in [7, 11) is 0. The fourth-order valence-corrected chi connectivity index (χ4v) is 8.92. The van der Waals surface area contributed by atoms with Gasteiger partial charge in [0.2, 0.25) is 0 Å². The van der Waals surface area contributed by atoms with Crippen LogP contribution in [0.5, 0.6) is 0 Å². The van der Waals surface area contributed by atoms with Gasteiger partial charge in [0.05, 0.1) is 29.9 Å². The van der Waals surface area contributed by atoms with Crippen molar-refractivity contribution >= 4 is 11.9 Å². The van der Waals surface area contributed by atoms with Crippen LogP contribution >= 0.6 is 0 Å². The highest BCUT2D eigenvalue weighted by molar-refractivity contribution is 5.90. The molecule has 6 rings (SSSR count). The summed E-state index contributed by atoms with van der Waals surface area (Å²) >= 11 is 0. The number of carbonyl (C=O) groups excluding carboxylic acids is 1. The molecule has 0 radical (unpaired) electrons. The lowest BCUT2D eigenvalue weighted by Gasteiger charge is -2.60. The Morgan fingerprint density at radius 3 is 2.80 bits per heavy atom. The van der Waals surface area contributed by atoms with E-state index in [2.05, 4.69) is 23.1 Å². The molecule has 0 saturated heterocycles. The molecule has 3 saturated carbocycles. The summed E-state index contributed by atoms with van der Waals surface area (Å²) in [5.74, 6) is -0.362. The van der Waals surface area contributed by atoms with E-state index >= 15 is 0 Å². The largest absolute Gasteiger partial charge is 0.393 e. The lowest BCUT2D eigenvalue weighted by atomic mass is 9.45. The molecular weight excluding hydrogens is 442 g/mol. The highest BCUT2D eigenvalue weighted by Crippen LogP contribution is 2.68. The van der Waals surface area contributed by atoms with E-state index in [1.165, 1.54) is 11.1 Å². The Morgan fingerprint density at radius 2 is 2.09 bits per heavy atom. The molecule has 35 heavy (non-hydrogen) atoms. The molecule has 3 N–H and O–H groups in total. The Labute approximate surface area is 205 Å². The smallest absolute Gasteiger partial charge is 0.190 e. The fraction of sp³-hybridized carbons (Fsp3) is 0.607. The Kier molecular flexibility index (Phi) is 4.99. The van der Waals surface area contributed by atoms with Crippen LogP contribution in [0.15, 0.2) is 36.3 Å². The number of pyridine rings is 1. The number of aliphatic hydroxyl groups is 3. The Bertz CT molecular complexity index is 1210. The van der Waals surface area contributed by atoms with Crippen molar-refractivity contribution < 1.29 is 20.1 Å². The van der Waals surface area contributed by atoms with Crippen LogP contribution in [0, 0.1) is 34.5 Å². The summed E-state index contributed by atoms with van der Waals surface area (Å²) in [6, 6.07) is 3.92. The molecule has 4 aliphatic rings. The van der Waals surface area contributed by atoms with E-state index in [1.807, 2.05) is 43.1 Å². The van der Waals surface area contributed by atoms with Gasteiger partial charge in [-0.1, -0.05) is 26.3 Å². The van der Waals surface area contributed by atoms with Gasteiger partial charge in [0.25, 0.3) is 0 Å². The summed E-state index contributed by atoms with van der Waals surface area (Å²) in [6.07, 6.45) is 10.9. The quantitative estimate of drug-likeness (QED) is 0.627. The van der Waals surface area contributed by atoms with Gasteiger partial charge in [0, 0.05) is 11.6 Å². The molecule has 0 bridgehead atoms. The van der Waals surface area contributed by atoms with Gasteiger partial charge in [-0.2, -0.15) is 5.10 Å². The SMILES string of the molecule is C[C@@H]1CC2C3CCC4=Cc5c(cnn5-c5cccnc5)CC4(C)C3C(O)CC2(C)[C@@]1(O)C(=O)CO. The average Bonchev–Trinajstić information content (AvgIpc) is 3.33. The van der Waals surface area contributed by atoms with Gasteiger partial charge in [0.1, 0.15) is 12.2 Å². The van der Waals surface area contributed by atoms with Crippen LogP contribution in [0.4, 0.5) is 0 Å². The first-order valence-electron chi connectivity index (χ1n) is 12.9. The van der Waals surface area contributed by atoms with Crippen LogP contribution in [0.1, 0.15) is 57.7 Å². The van der Waals surface area contributed by atoms with Crippen molar-refractivity contribution in [1.29, 1.82) is 0 Å². The Balaban J connectivity index is 1.39. The number of ketones is 1. The molecule has 0 spiro atoms. The van der Waals surface area contributed by atoms with E-state index in [-0.39, 0.29) is 29.1 Å². The van der Waals surface area contributed by atoms with Gasteiger partial charge in [-0.25, -0.2) is 4.68 Å². The summed E-state index contributed by atoms with van der Waals surface area (Å²) in [5.41, 5.74) is 2.01. The molecule has 7 nitrogen and oxygen atoms in total. The number of aliphatic hydroxyl groups excluding tert-OH is 2. The third-order valence-corrected chi connectivity index (χ3v) is 10.5. The molecule has 186 valence electrons. The molecule has 2 aromatic rings. The molecule has 7 heteroatoms. The molecule has 2 heterocycles. The zero-order chi connectivity index (χ0) is 24.8. The number of Topliss-reactive ketones (excluding diaryl/α,β-unsaturated/α-hetero) is 1. The van der Waals surface area contributed by atoms with E-state index in [1.54, 1.807) is 6.20 Å². The second-order valence-corrected chi connectivity index (χ2v) is 12.0. The van der Waals surface area contributed by atoms with Crippen molar-refractivity contribution in [3.05, 3.63) is 47.6 Å². The van der Waals surface area contributed by atoms with Crippen molar-refractivity contribution in [3.63, 3.8) is 0 Å². The topological polar surface area (TPSA) is 108 Å². The van der Waals surface area contributed by atoms with Gasteiger partial charge in [-0.15, -0.1) is 0 Å². The number of hydrogen-bond donors (Lipinski definition) is 3. The molecule has 4 aliphatic carbocycles. The minimum absolute atomic E-state index is 0.0502. The number of nitrogens with zero attached hydrogens (tertiary/aromatic N) is 3.